The van der Waals surface area contributed by atoms with Gasteiger partial charge in [-0.15, -0.1) is 0 Å². The van der Waals surface area contributed by atoms with Gasteiger partial charge in [-0.2, -0.15) is 0 Å². The summed E-state index contributed by atoms with van der Waals surface area (Å²) >= 11 is 0. The Bertz CT molecular complexity index is 353. The highest BCUT2D eigenvalue weighted by molar-refractivity contribution is 6.90. The molecular formula is C14H26OSi2. The van der Waals surface area contributed by atoms with E-state index in [0.29, 0.717) is 11.1 Å². The molecule has 0 bridgehead atoms. The van der Waals surface area contributed by atoms with Crippen molar-refractivity contribution in [2.75, 3.05) is 0 Å². The molecule has 0 N–H and O–H groups in total. The van der Waals surface area contributed by atoms with E-state index in [9.17, 15) is 0 Å². The molecule has 3 heteroatoms. The first-order valence-electron chi connectivity index (χ1n) is 6.64. The first-order valence-corrected chi connectivity index (χ1v) is 9.52. The first-order chi connectivity index (χ1) is 8.00. The Balaban J connectivity index is 3.40. The molecule has 0 saturated carbocycles. The predicted molar refractivity (Wildman–Crippen MR) is 82.4 cm³/mol. The normalized spacial score (nSPS) is 12.6. The Labute approximate surface area is 110 Å². The van der Waals surface area contributed by atoms with Gasteiger partial charge in [-0.05, 0) is 28.3 Å². The Morgan fingerprint density at radius 1 is 1.12 bits per heavy atom. The van der Waals surface area contributed by atoms with Crippen LogP contribution in [0.25, 0.3) is 0 Å². The lowest BCUT2D eigenvalue weighted by atomic mass is 10.2. The van der Waals surface area contributed by atoms with Crippen LogP contribution in [0.1, 0.15) is 40.2 Å². The van der Waals surface area contributed by atoms with E-state index in [-0.39, 0.29) is 0 Å². The SMILES string of the molecule is CCc1ccccc1[Si](O[SiH3])(C(C)C)C(C)C. The minimum absolute atomic E-state index is 0.632. The van der Waals surface area contributed by atoms with Crippen molar-refractivity contribution in [3.05, 3.63) is 29.8 Å². The van der Waals surface area contributed by atoms with Gasteiger partial charge in [-0.3, -0.25) is 0 Å². The highest BCUT2D eigenvalue weighted by Crippen LogP contribution is 2.33. The van der Waals surface area contributed by atoms with E-state index in [0.717, 1.165) is 16.9 Å². The van der Waals surface area contributed by atoms with Gasteiger partial charge < -0.3 is 4.12 Å². The smallest absolute Gasteiger partial charge is 0.217 e. The largest absolute Gasteiger partial charge is 0.460 e. The lowest BCUT2D eigenvalue weighted by Gasteiger charge is -2.39. The number of rotatable bonds is 5. The Kier molecular flexibility index (Phi) is 5.16. The summed E-state index contributed by atoms with van der Waals surface area (Å²) in [5, 5.41) is 1.53. The Hall–Kier alpha value is -0.386. The van der Waals surface area contributed by atoms with Crippen molar-refractivity contribution in [3.63, 3.8) is 0 Å². The Morgan fingerprint density at radius 2 is 1.65 bits per heavy atom. The average Bonchev–Trinajstić information content (AvgIpc) is 2.30. The molecule has 0 unspecified atom stereocenters. The average molecular weight is 267 g/mol. The fourth-order valence-electron chi connectivity index (χ4n) is 3.08. The molecule has 1 aromatic rings. The van der Waals surface area contributed by atoms with E-state index < -0.39 is 8.32 Å². The fourth-order valence-corrected chi connectivity index (χ4v) is 11.4. The lowest BCUT2D eigenvalue weighted by molar-refractivity contribution is 0.563. The third kappa shape index (κ3) is 2.56. The van der Waals surface area contributed by atoms with Crippen molar-refractivity contribution in [2.24, 2.45) is 0 Å². The molecule has 0 aromatic heterocycles. The highest BCUT2D eigenvalue weighted by Gasteiger charge is 2.43. The molecule has 0 amide bonds. The summed E-state index contributed by atoms with van der Waals surface area (Å²) in [6.07, 6.45) is 1.11. The molecule has 0 saturated heterocycles. The van der Waals surface area contributed by atoms with Crippen LogP contribution < -0.4 is 5.19 Å². The number of hydrogen-bond donors (Lipinski definition) is 0. The molecule has 1 nitrogen and oxygen atoms in total. The van der Waals surface area contributed by atoms with Gasteiger partial charge in [0.15, 0.2) is 0 Å². The van der Waals surface area contributed by atoms with Gasteiger partial charge in [0.25, 0.3) is 0 Å². The van der Waals surface area contributed by atoms with Gasteiger partial charge in [0.2, 0.25) is 8.32 Å². The van der Waals surface area contributed by atoms with Gasteiger partial charge in [0.1, 0.15) is 10.5 Å². The zero-order chi connectivity index (χ0) is 13.1. The van der Waals surface area contributed by atoms with E-state index in [4.69, 9.17) is 4.12 Å². The molecule has 0 heterocycles. The van der Waals surface area contributed by atoms with Crippen molar-refractivity contribution in [1.29, 1.82) is 0 Å². The molecular weight excluding hydrogens is 240 g/mol. The molecule has 96 valence electrons. The van der Waals surface area contributed by atoms with Crippen LogP contribution in [0, 0.1) is 0 Å². The molecule has 1 aromatic carbocycles. The van der Waals surface area contributed by atoms with Crippen LogP contribution in [-0.2, 0) is 10.5 Å². The minimum Gasteiger partial charge on any atom is -0.460 e. The maximum absolute atomic E-state index is 6.27. The monoisotopic (exact) mass is 266 g/mol. The van der Waals surface area contributed by atoms with Crippen LogP contribution in [0.5, 0.6) is 0 Å². The van der Waals surface area contributed by atoms with E-state index >= 15 is 0 Å². The first kappa shape index (κ1) is 14.7. The standard InChI is InChI=1S/C14H26OSi2/c1-6-13-9-7-8-10-14(13)17(15-16,11(2)3)12(4)5/h7-12H,6H2,1-5,16H3. The van der Waals surface area contributed by atoms with Crippen LogP contribution >= 0.6 is 0 Å². The van der Waals surface area contributed by atoms with Crippen LogP contribution in [0.15, 0.2) is 24.3 Å². The molecule has 0 spiro atoms. The molecule has 0 atom stereocenters. The highest BCUT2D eigenvalue weighted by atomic mass is 28.4. The molecule has 0 radical (unpaired) electrons. The van der Waals surface area contributed by atoms with E-state index in [1.54, 1.807) is 0 Å². The summed E-state index contributed by atoms with van der Waals surface area (Å²) in [6, 6.07) is 8.89. The number of benzene rings is 1. The summed E-state index contributed by atoms with van der Waals surface area (Å²) in [6.45, 7) is 11.6. The molecule has 17 heavy (non-hydrogen) atoms. The fraction of sp³-hybridized carbons (Fsp3) is 0.571. The van der Waals surface area contributed by atoms with Crippen molar-refractivity contribution in [2.45, 2.75) is 52.1 Å². The van der Waals surface area contributed by atoms with Crippen molar-refractivity contribution in [3.8, 4) is 0 Å². The van der Waals surface area contributed by atoms with Crippen molar-refractivity contribution >= 4 is 24.0 Å². The third-order valence-electron chi connectivity index (χ3n) is 3.87. The zero-order valence-corrected chi connectivity index (χ0v) is 15.1. The van der Waals surface area contributed by atoms with Gasteiger partial charge in [0, 0.05) is 0 Å². The van der Waals surface area contributed by atoms with Gasteiger partial charge in [0.05, 0.1) is 0 Å². The van der Waals surface area contributed by atoms with E-state index in [2.05, 4.69) is 58.9 Å². The topological polar surface area (TPSA) is 9.23 Å². The van der Waals surface area contributed by atoms with Crippen molar-refractivity contribution in [1.82, 2.24) is 0 Å². The zero-order valence-electron chi connectivity index (χ0n) is 12.1. The summed E-state index contributed by atoms with van der Waals surface area (Å²) in [5.74, 6) is 0. The summed E-state index contributed by atoms with van der Waals surface area (Å²) in [4.78, 5) is 0. The summed E-state index contributed by atoms with van der Waals surface area (Å²) in [7, 11) is -0.965. The second-order valence-corrected chi connectivity index (χ2v) is 11.4. The van der Waals surface area contributed by atoms with E-state index in [1.165, 1.54) is 10.8 Å². The maximum atomic E-state index is 6.27. The van der Waals surface area contributed by atoms with Gasteiger partial charge in [-0.25, -0.2) is 0 Å². The molecule has 0 aliphatic carbocycles. The van der Waals surface area contributed by atoms with Crippen molar-refractivity contribution < 1.29 is 4.12 Å². The van der Waals surface area contributed by atoms with Crippen LogP contribution in [0.3, 0.4) is 0 Å². The summed E-state index contributed by atoms with van der Waals surface area (Å²) < 4.78 is 6.27. The second-order valence-electron chi connectivity index (χ2n) is 5.32. The minimum atomic E-state index is -1.80. The molecule has 1 rings (SSSR count). The quantitative estimate of drug-likeness (QED) is 0.744. The Morgan fingerprint density at radius 3 is 2.06 bits per heavy atom. The second kappa shape index (κ2) is 5.98. The maximum Gasteiger partial charge on any atom is 0.217 e. The van der Waals surface area contributed by atoms with Gasteiger partial charge >= 0.3 is 0 Å². The molecule has 0 aliphatic rings. The lowest BCUT2D eigenvalue weighted by Crippen LogP contribution is -2.56. The summed E-state index contributed by atoms with van der Waals surface area (Å²) in [5.41, 5.74) is 2.75. The molecule has 0 fully saturated rings. The van der Waals surface area contributed by atoms with Crippen LogP contribution in [0.2, 0.25) is 11.1 Å². The number of aryl methyl sites for hydroxylation is 1. The molecule has 0 aliphatic heterocycles. The van der Waals surface area contributed by atoms with E-state index in [1.807, 2.05) is 0 Å². The predicted octanol–water partition coefficient (Wildman–Crippen LogP) is 2.52. The third-order valence-corrected chi connectivity index (χ3v) is 11.3. The number of hydrogen-bond acceptors (Lipinski definition) is 1. The van der Waals surface area contributed by atoms with Gasteiger partial charge in [-0.1, -0.05) is 58.9 Å². The van der Waals surface area contributed by atoms with Crippen LogP contribution in [-0.4, -0.2) is 18.8 Å². The van der Waals surface area contributed by atoms with Crippen LogP contribution in [0.4, 0.5) is 0 Å².